The van der Waals surface area contributed by atoms with Crippen LogP contribution in [0.25, 0.3) is 0 Å². The number of hydrogen-bond donors (Lipinski definition) is 2. The van der Waals surface area contributed by atoms with Crippen molar-refractivity contribution >= 4 is 6.03 Å². The van der Waals surface area contributed by atoms with Crippen LogP contribution >= 0.6 is 0 Å². The van der Waals surface area contributed by atoms with Crippen molar-refractivity contribution in [3.63, 3.8) is 0 Å². The highest BCUT2D eigenvalue weighted by atomic mass is 16.3. The number of hydrogen-bond acceptors (Lipinski definition) is 2. The summed E-state index contributed by atoms with van der Waals surface area (Å²) in [4.78, 5) is 13.9. The molecule has 19 heavy (non-hydrogen) atoms. The second-order valence-corrected chi connectivity index (χ2v) is 7.08. The molecule has 2 amide bonds. The van der Waals surface area contributed by atoms with E-state index in [9.17, 15) is 4.79 Å². The normalized spacial score (nSPS) is 27.5. The monoisotopic (exact) mass is 268 g/mol. The highest BCUT2D eigenvalue weighted by Gasteiger charge is 2.28. The number of likely N-dealkylation sites (tertiary alicyclic amines) is 1. The van der Waals surface area contributed by atoms with Gasteiger partial charge in [0.05, 0.1) is 0 Å². The molecule has 0 radical (unpaired) electrons. The van der Waals surface area contributed by atoms with Crippen LogP contribution in [0.3, 0.4) is 0 Å². The van der Waals surface area contributed by atoms with Crippen molar-refractivity contribution in [2.75, 3.05) is 26.2 Å². The molecule has 1 unspecified atom stereocenters. The molecule has 2 aliphatic rings. The Morgan fingerprint density at radius 2 is 1.95 bits per heavy atom. The van der Waals surface area contributed by atoms with Gasteiger partial charge in [0.2, 0.25) is 0 Å². The van der Waals surface area contributed by atoms with Crippen molar-refractivity contribution in [1.82, 2.24) is 10.2 Å². The van der Waals surface area contributed by atoms with Crippen molar-refractivity contribution in [2.45, 2.75) is 46.0 Å². The van der Waals surface area contributed by atoms with Crippen LogP contribution in [0.15, 0.2) is 0 Å². The average molecular weight is 268 g/mol. The molecule has 1 atom stereocenters. The predicted molar refractivity (Wildman–Crippen MR) is 75.9 cm³/mol. The number of carbonyl (C=O) groups excluding carboxylic acids is 1. The SMILES string of the molecule is CC1(C)CCC(CNC(=O)N2CCC(CO)C2)CC1. The van der Waals surface area contributed by atoms with Crippen molar-refractivity contribution < 1.29 is 9.90 Å². The maximum atomic E-state index is 12.0. The van der Waals surface area contributed by atoms with E-state index in [1.165, 1.54) is 25.7 Å². The van der Waals surface area contributed by atoms with E-state index < -0.39 is 0 Å². The molecular formula is C15H28N2O2. The number of rotatable bonds is 3. The third-order valence-corrected chi connectivity index (χ3v) is 4.83. The van der Waals surface area contributed by atoms with Gasteiger partial charge < -0.3 is 15.3 Å². The zero-order valence-corrected chi connectivity index (χ0v) is 12.3. The number of urea groups is 1. The van der Waals surface area contributed by atoms with E-state index in [0.29, 0.717) is 17.9 Å². The Balaban J connectivity index is 1.67. The van der Waals surface area contributed by atoms with Crippen molar-refractivity contribution in [1.29, 1.82) is 0 Å². The van der Waals surface area contributed by atoms with Crippen molar-refractivity contribution in [2.24, 2.45) is 17.3 Å². The third kappa shape index (κ3) is 4.10. The van der Waals surface area contributed by atoms with Gasteiger partial charge in [-0.05, 0) is 43.4 Å². The minimum Gasteiger partial charge on any atom is -0.396 e. The fourth-order valence-corrected chi connectivity index (χ4v) is 3.17. The summed E-state index contributed by atoms with van der Waals surface area (Å²) in [7, 11) is 0. The molecule has 0 spiro atoms. The van der Waals surface area contributed by atoms with Gasteiger partial charge in [-0.15, -0.1) is 0 Å². The summed E-state index contributed by atoms with van der Waals surface area (Å²) < 4.78 is 0. The molecular weight excluding hydrogens is 240 g/mol. The van der Waals surface area contributed by atoms with Crippen LogP contribution in [0.1, 0.15) is 46.0 Å². The smallest absolute Gasteiger partial charge is 0.317 e. The zero-order valence-electron chi connectivity index (χ0n) is 12.3. The van der Waals surface area contributed by atoms with E-state index in [-0.39, 0.29) is 18.6 Å². The van der Waals surface area contributed by atoms with Crippen LogP contribution < -0.4 is 5.32 Å². The number of aliphatic hydroxyl groups excluding tert-OH is 1. The number of nitrogens with one attached hydrogen (secondary N) is 1. The van der Waals surface area contributed by atoms with Gasteiger partial charge in [0.15, 0.2) is 0 Å². The second-order valence-electron chi connectivity index (χ2n) is 7.08. The van der Waals surface area contributed by atoms with Crippen LogP contribution in [0.5, 0.6) is 0 Å². The Morgan fingerprint density at radius 1 is 1.26 bits per heavy atom. The molecule has 0 aromatic carbocycles. The van der Waals surface area contributed by atoms with E-state index in [0.717, 1.165) is 19.5 Å². The summed E-state index contributed by atoms with van der Waals surface area (Å²) in [5, 5.41) is 12.2. The van der Waals surface area contributed by atoms with Crippen molar-refractivity contribution in [3.05, 3.63) is 0 Å². The molecule has 1 saturated heterocycles. The molecule has 110 valence electrons. The molecule has 2 fully saturated rings. The van der Waals surface area contributed by atoms with Crippen LogP contribution in [0, 0.1) is 17.3 Å². The van der Waals surface area contributed by atoms with Gasteiger partial charge in [-0.1, -0.05) is 13.8 Å². The van der Waals surface area contributed by atoms with Gasteiger partial charge in [-0.2, -0.15) is 0 Å². The molecule has 2 N–H and O–H groups in total. The molecule has 2 rings (SSSR count). The lowest BCUT2D eigenvalue weighted by Crippen LogP contribution is -2.41. The minimum absolute atomic E-state index is 0.0563. The molecule has 1 heterocycles. The van der Waals surface area contributed by atoms with E-state index in [1.54, 1.807) is 0 Å². The Kier molecular flexibility index (Phi) is 4.71. The quantitative estimate of drug-likeness (QED) is 0.824. The van der Waals surface area contributed by atoms with Crippen LogP contribution in [0.2, 0.25) is 0 Å². The van der Waals surface area contributed by atoms with E-state index >= 15 is 0 Å². The molecule has 1 aliphatic carbocycles. The fraction of sp³-hybridized carbons (Fsp3) is 0.933. The topological polar surface area (TPSA) is 52.6 Å². The number of aliphatic hydroxyl groups is 1. The maximum absolute atomic E-state index is 12.0. The Labute approximate surface area is 116 Å². The van der Waals surface area contributed by atoms with Crippen LogP contribution in [-0.2, 0) is 0 Å². The largest absolute Gasteiger partial charge is 0.396 e. The molecule has 1 aliphatic heterocycles. The first-order valence-corrected chi connectivity index (χ1v) is 7.64. The lowest BCUT2D eigenvalue weighted by molar-refractivity contribution is 0.177. The lowest BCUT2D eigenvalue weighted by atomic mass is 9.73. The van der Waals surface area contributed by atoms with Gasteiger partial charge in [0.25, 0.3) is 0 Å². The second kappa shape index (κ2) is 6.12. The first-order chi connectivity index (χ1) is 9.00. The molecule has 0 aromatic heterocycles. The highest BCUT2D eigenvalue weighted by molar-refractivity contribution is 5.74. The Hall–Kier alpha value is -0.770. The number of amides is 2. The van der Waals surface area contributed by atoms with E-state index in [2.05, 4.69) is 19.2 Å². The summed E-state index contributed by atoms with van der Waals surface area (Å²) in [6, 6.07) is 0.0563. The summed E-state index contributed by atoms with van der Waals surface area (Å²) in [5.74, 6) is 0.925. The predicted octanol–water partition coefficient (Wildman–Crippen LogP) is 2.23. The summed E-state index contributed by atoms with van der Waals surface area (Å²) in [6.07, 6.45) is 5.92. The zero-order chi connectivity index (χ0) is 13.9. The molecule has 0 aromatic rings. The van der Waals surface area contributed by atoms with Crippen LogP contribution in [0.4, 0.5) is 4.79 Å². The summed E-state index contributed by atoms with van der Waals surface area (Å²) >= 11 is 0. The van der Waals surface area contributed by atoms with Gasteiger partial charge in [-0.25, -0.2) is 4.79 Å². The standard InChI is InChI=1S/C15H28N2O2/c1-15(2)6-3-12(4-7-15)9-16-14(19)17-8-5-13(10-17)11-18/h12-13,18H,3-11H2,1-2H3,(H,16,19). The average Bonchev–Trinajstić information content (AvgIpc) is 2.86. The lowest BCUT2D eigenvalue weighted by Gasteiger charge is -2.34. The number of carbonyl (C=O) groups is 1. The molecule has 4 heteroatoms. The van der Waals surface area contributed by atoms with E-state index in [4.69, 9.17) is 5.11 Å². The maximum Gasteiger partial charge on any atom is 0.317 e. The molecule has 1 saturated carbocycles. The summed E-state index contributed by atoms with van der Waals surface area (Å²) in [6.45, 7) is 7.17. The summed E-state index contributed by atoms with van der Waals surface area (Å²) in [5.41, 5.74) is 0.490. The van der Waals surface area contributed by atoms with Crippen molar-refractivity contribution in [3.8, 4) is 0 Å². The van der Waals surface area contributed by atoms with Gasteiger partial charge in [0, 0.05) is 32.2 Å². The first-order valence-electron chi connectivity index (χ1n) is 7.64. The van der Waals surface area contributed by atoms with E-state index in [1.807, 2.05) is 4.90 Å². The Bertz CT molecular complexity index is 307. The molecule has 4 nitrogen and oxygen atoms in total. The fourth-order valence-electron chi connectivity index (χ4n) is 3.17. The van der Waals surface area contributed by atoms with Gasteiger partial charge in [0.1, 0.15) is 0 Å². The van der Waals surface area contributed by atoms with Crippen LogP contribution in [-0.4, -0.2) is 42.3 Å². The highest BCUT2D eigenvalue weighted by Crippen LogP contribution is 2.37. The van der Waals surface area contributed by atoms with Gasteiger partial charge >= 0.3 is 6.03 Å². The van der Waals surface area contributed by atoms with Gasteiger partial charge in [-0.3, -0.25) is 0 Å². The Morgan fingerprint density at radius 3 is 2.53 bits per heavy atom. The molecule has 0 bridgehead atoms. The first kappa shape index (κ1) is 14.6. The number of nitrogens with zero attached hydrogens (tertiary/aromatic N) is 1. The third-order valence-electron chi connectivity index (χ3n) is 4.83. The minimum atomic E-state index is 0.0563.